The molecule has 0 aliphatic carbocycles. The molecule has 7 heteroatoms. The number of nitrogens with one attached hydrogen (secondary N) is 1. The summed E-state index contributed by atoms with van der Waals surface area (Å²) in [5.41, 5.74) is 2.49. The van der Waals surface area contributed by atoms with Crippen LogP contribution in [0, 0.1) is 6.92 Å². The van der Waals surface area contributed by atoms with Gasteiger partial charge in [-0.2, -0.15) is 0 Å². The normalized spacial score (nSPS) is 11.2. The molecule has 5 nitrogen and oxygen atoms in total. The molecule has 0 radical (unpaired) electrons. The number of rotatable bonds is 5. The summed E-state index contributed by atoms with van der Waals surface area (Å²) in [4.78, 5) is 27.4. The Labute approximate surface area is 188 Å². The quantitative estimate of drug-likeness (QED) is 0.408. The molecular weight excluding hydrogens is 430 g/mol. The van der Waals surface area contributed by atoms with E-state index in [1.807, 2.05) is 66.7 Å². The summed E-state index contributed by atoms with van der Waals surface area (Å²) in [6.07, 6.45) is 3.18. The van der Waals surface area contributed by atoms with E-state index >= 15 is 0 Å². The van der Waals surface area contributed by atoms with Crippen molar-refractivity contribution in [3.63, 3.8) is 0 Å². The van der Waals surface area contributed by atoms with Gasteiger partial charge in [-0.15, -0.1) is 11.3 Å². The molecule has 0 bridgehead atoms. The van der Waals surface area contributed by atoms with Gasteiger partial charge in [-0.25, -0.2) is 4.68 Å². The molecule has 2 heterocycles. The Kier molecular flexibility index (Phi) is 5.93. The van der Waals surface area contributed by atoms with Gasteiger partial charge in [0.05, 0.1) is 11.4 Å². The Morgan fingerprint density at radius 2 is 1.74 bits per heavy atom. The second kappa shape index (κ2) is 8.79. The first kappa shape index (κ1) is 20.9. The van der Waals surface area contributed by atoms with Crippen LogP contribution in [0.3, 0.4) is 0 Å². The lowest BCUT2D eigenvalue weighted by molar-refractivity contribution is -0.111. The summed E-state index contributed by atoms with van der Waals surface area (Å²) in [6, 6.07) is 20.9. The number of carbonyl (C=O) groups is 1. The van der Waals surface area contributed by atoms with Crippen molar-refractivity contribution < 1.29 is 4.79 Å². The van der Waals surface area contributed by atoms with E-state index in [2.05, 4.69) is 5.32 Å². The largest absolute Gasteiger partial charge is 0.316 e. The summed E-state index contributed by atoms with van der Waals surface area (Å²) in [5, 5.41) is 3.43. The summed E-state index contributed by atoms with van der Waals surface area (Å²) in [6.45, 7) is 1.80. The lowest BCUT2D eigenvalue weighted by Crippen LogP contribution is -2.22. The first-order chi connectivity index (χ1) is 14.9. The fraction of sp³-hybridized carbons (Fsp3) is 0.0833. The summed E-state index contributed by atoms with van der Waals surface area (Å²) in [7, 11) is 1.79. The van der Waals surface area contributed by atoms with Crippen molar-refractivity contribution in [2.24, 2.45) is 7.05 Å². The van der Waals surface area contributed by atoms with Crippen LogP contribution in [0.25, 0.3) is 22.2 Å². The molecule has 0 fully saturated rings. The van der Waals surface area contributed by atoms with Crippen molar-refractivity contribution >= 4 is 40.6 Å². The van der Waals surface area contributed by atoms with E-state index in [-0.39, 0.29) is 17.2 Å². The van der Waals surface area contributed by atoms with Gasteiger partial charge in [-0.3, -0.25) is 14.3 Å². The second-order valence-corrected chi connectivity index (χ2v) is 8.52. The summed E-state index contributed by atoms with van der Waals surface area (Å²) >= 11 is 7.52. The van der Waals surface area contributed by atoms with Gasteiger partial charge in [0.15, 0.2) is 0 Å². The van der Waals surface area contributed by atoms with Gasteiger partial charge in [0.25, 0.3) is 5.56 Å². The number of aromatic nitrogens is 2. The molecule has 0 saturated heterocycles. The molecule has 0 atom stereocenters. The molecule has 4 rings (SSSR count). The van der Waals surface area contributed by atoms with Crippen molar-refractivity contribution in [1.29, 1.82) is 0 Å². The maximum Gasteiger partial charge on any atom is 0.295 e. The number of carbonyl (C=O) groups excluding carboxylic acids is 1. The number of thiophene rings is 1. The van der Waals surface area contributed by atoms with Gasteiger partial charge < -0.3 is 5.32 Å². The molecule has 1 amide bonds. The average molecular weight is 450 g/mol. The highest BCUT2D eigenvalue weighted by Crippen LogP contribution is 2.29. The smallest absolute Gasteiger partial charge is 0.295 e. The molecule has 31 heavy (non-hydrogen) atoms. The Morgan fingerprint density at radius 3 is 2.45 bits per heavy atom. The first-order valence-electron chi connectivity index (χ1n) is 9.63. The van der Waals surface area contributed by atoms with Gasteiger partial charge in [-0.1, -0.05) is 41.9 Å². The number of nitrogens with zero attached hydrogens (tertiary/aromatic N) is 2. The molecular formula is C24H20ClN3O2S. The first-order valence-corrected chi connectivity index (χ1v) is 10.8. The predicted molar refractivity (Wildman–Crippen MR) is 128 cm³/mol. The molecule has 2 aromatic carbocycles. The van der Waals surface area contributed by atoms with Crippen LogP contribution in [0.5, 0.6) is 0 Å². The standard InChI is InChI=1S/C24H20ClN3O2S/c1-16-23(24(30)28(27(16)2)19-6-4-3-5-7-19)26-22(29)15-13-20-12-14-21(31-20)17-8-10-18(25)11-9-17/h3-15H,1-2H3,(H,26,29)/b15-13+. The molecule has 0 saturated carbocycles. The van der Waals surface area contributed by atoms with E-state index in [4.69, 9.17) is 11.6 Å². The van der Waals surface area contributed by atoms with Gasteiger partial charge >= 0.3 is 0 Å². The third-order valence-electron chi connectivity index (χ3n) is 4.96. The lowest BCUT2D eigenvalue weighted by Gasteiger charge is -2.07. The SMILES string of the molecule is Cc1c(NC(=O)/C=C/c2ccc(-c3ccc(Cl)cc3)s2)c(=O)n(-c2ccccc2)n1C. The topological polar surface area (TPSA) is 56.0 Å². The van der Waals surface area contributed by atoms with Crippen LogP contribution in [-0.4, -0.2) is 15.3 Å². The average Bonchev–Trinajstić information content (AvgIpc) is 3.33. The number of benzene rings is 2. The molecule has 156 valence electrons. The van der Waals surface area contributed by atoms with E-state index in [1.54, 1.807) is 36.1 Å². The maximum absolute atomic E-state index is 12.9. The van der Waals surface area contributed by atoms with Crippen molar-refractivity contribution in [1.82, 2.24) is 9.36 Å². The Bertz CT molecular complexity index is 1320. The van der Waals surface area contributed by atoms with Gasteiger partial charge in [0, 0.05) is 27.9 Å². The van der Waals surface area contributed by atoms with Crippen LogP contribution in [0.2, 0.25) is 5.02 Å². The zero-order chi connectivity index (χ0) is 22.0. The molecule has 4 aromatic rings. The van der Waals surface area contributed by atoms with Crippen molar-refractivity contribution in [3.8, 4) is 16.1 Å². The summed E-state index contributed by atoms with van der Waals surface area (Å²) in [5.74, 6) is -0.354. The Morgan fingerprint density at radius 1 is 1.03 bits per heavy atom. The number of para-hydroxylation sites is 1. The number of amides is 1. The van der Waals surface area contributed by atoms with Crippen LogP contribution >= 0.6 is 22.9 Å². The molecule has 0 aliphatic heterocycles. The minimum atomic E-state index is -0.354. The zero-order valence-electron chi connectivity index (χ0n) is 17.0. The number of hydrogen-bond donors (Lipinski definition) is 1. The Hall–Kier alpha value is -3.35. The second-order valence-electron chi connectivity index (χ2n) is 6.97. The van der Waals surface area contributed by atoms with E-state index in [0.717, 1.165) is 21.0 Å². The van der Waals surface area contributed by atoms with Crippen molar-refractivity contribution in [2.45, 2.75) is 6.92 Å². The highest BCUT2D eigenvalue weighted by Gasteiger charge is 2.17. The molecule has 2 aromatic heterocycles. The highest BCUT2D eigenvalue weighted by molar-refractivity contribution is 7.16. The fourth-order valence-electron chi connectivity index (χ4n) is 3.25. The number of halogens is 1. The molecule has 0 unspecified atom stereocenters. The van der Waals surface area contributed by atoms with E-state index in [1.165, 1.54) is 10.8 Å². The predicted octanol–water partition coefficient (Wildman–Crippen LogP) is 5.52. The monoisotopic (exact) mass is 449 g/mol. The van der Waals surface area contributed by atoms with Crippen LogP contribution in [-0.2, 0) is 11.8 Å². The third kappa shape index (κ3) is 4.40. The molecule has 0 aliphatic rings. The zero-order valence-corrected chi connectivity index (χ0v) is 18.6. The maximum atomic E-state index is 12.9. The van der Waals surface area contributed by atoms with E-state index in [0.29, 0.717) is 10.7 Å². The Balaban J connectivity index is 1.51. The van der Waals surface area contributed by atoms with Crippen molar-refractivity contribution in [2.75, 3.05) is 5.32 Å². The lowest BCUT2D eigenvalue weighted by atomic mass is 10.2. The van der Waals surface area contributed by atoms with Crippen LogP contribution < -0.4 is 10.9 Å². The highest BCUT2D eigenvalue weighted by atomic mass is 35.5. The summed E-state index contributed by atoms with van der Waals surface area (Å²) < 4.78 is 3.26. The molecule has 1 N–H and O–H groups in total. The minimum absolute atomic E-state index is 0.269. The van der Waals surface area contributed by atoms with Gasteiger partial charge in [-0.05, 0) is 55.0 Å². The van der Waals surface area contributed by atoms with E-state index in [9.17, 15) is 9.59 Å². The number of anilines is 1. The van der Waals surface area contributed by atoms with Crippen LogP contribution in [0.4, 0.5) is 5.69 Å². The van der Waals surface area contributed by atoms with Gasteiger partial charge in [0.1, 0.15) is 5.69 Å². The van der Waals surface area contributed by atoms with E-state index < -0.39 is 0 Å². The number of hydrogen-bond acceptors (Lipinski definition) is 3. The van der Waals surface area contributed by atoms with Gasteiger partial charge in [0.2, 0.25) is 5.91 Å². The van der Waals surface area contributed by atoms with Crippen LogP contribution in [0.15, 0.2) is 77.6 Å². The third-order valence-corrected chi connectivity index (χ3v) is 6.31. The minimum Gasteiger partial charge on any atom is -0.316 e. The molecule has 0 spiro atoms. The fourth-order valence-corrected chi connectivity index (χ4v) is 4.29. The van der Waals surface area contributed by atoms with Crippen molar-refractivity contribution in [3.05, 3.63) is 98.8 Å². The van der Waals surface area contributed by atoms with Crippen LogP contribution in [0.1, 0.15) is 10.6 Å².